The molecule has 1 amide bonds. The predicted octanol–water partition coefficient (Wildman–Crippen LogP) is 2.40. The fraction of sp³-hybridized carbons (Fsp3) is 0.0714. The van der Waals surface area contributed by atoms with E-state index >= 15 is 0 Å². The second-order valence-electron chi connectivity index (χ2n) is 3.28. The van der Waals surface area contributed by atoms with E-state index in [4.69, 9.17) is 5.73 Å². The van der Waals surface area contributed by atoms with E-state index in [2.05, 4.69) is 0 Å². The zero-order valence-electron chi connectivity index (χ0n) is 9.04. The van der Waals surface area contributed by atoms with Gasteiger partial charge in [0.15, 0.2) is 0 Å². The van der Waals surface area contributed by atoms with Crippen LogP contribution < -0.4 is 5.73 Å². The van der Waals surface area contributed by atoms with Gasteiger partial charge in [-0.2, -0.15) is 0 Å². The zero-order valence-corrected chi connectivity index (χ0v) is 9.04. The number of carbonyl (C=O) groups is 1. The summed E-state index contributed by atoms with van der Waals surface area (Å²) in [6.45, 7) is 0. The van der Waals surface area contributed by atoms with Crippen molar-refractivity contribution in [3.05, 3.63) is 72.3 Å². The van der Waals surface area contributed by atoms with Crippen LogP contribution in [0.5, 0.6) is 0 Å². The highest BCUT2D eigenvalue weighted by Crippen LogP contribution is 1.97. The summed E-state index contributed by atoms with van der Waals surface area (Å²) >= 11 is 0. The van der Waals surface area contributed by atoms with E-state index in [1.165, 1.54) is 0 Å². The highest BCUT2D eigenvalue weighted by Gasteiger charge is 1.94. The van der Waals surface area contributed by atoms with E-state index in [0.717, 1.165) is 5.56 Å². The van der Waals surface area contributed by atoms with Gasteiger partial charge in [0.2, 0.25) is 5.91 Å². The van der Waals surface area contributed by atoms with Crippen LogP contribution in [0.15, 0.2) is 66.7 Å². The maximum absolute atomic E-state index is 10.4. The lowest BCUT2D eigenvalue weighted by molar-refractivity contribution is -0.117. The van der Waals surface area contributed by atoms with Gasteiger partial charge in [-0.05, 0) is 5.56 Å². The van der Waals surface area contributed by atoms with Gasteiger partial charge in [-0.25, -0.2) is 0 Å². The number of hydrogen-bond acceptors (Lipinski definition) is 1. The number of hydrogen-bond donors (Lipinski definition) is 1. The minimum atomic E-state index is -0.286. The normalized spacial score (nSPS) is 8.75. The first-order valence-electron chi connectivity index (χ1n) is 5.11. The molecule has 0 saturated carbocycles. The van der Waals surface area contributed by atoms with Crippen molar-refractivity contribution < 1.29 is 4.79 Å². The van der Waals surface area contributed by atoms with E-state index < -0.39 is 0 Å². The Balaban J connectivity index is 0.000000181. The van der Waals surface area contributed by atoms with Crippen LogP contribution in [0.3, 0.4) is 0 Å². The molecular weight excluding hydrogens is 198 g/mol. The number of carbonyl (C=O) groups excluding carboxylic acids is 1. The molecule has 0 fully saturated rings. The number of amides is 1. The molecule has 0 aliphatic rings. The third-order valence-corrected chi connectivity index (χ3v) is 1.89. The first-order chi connectivity index (χ1) is 7.79. The van der Waals surface area contributed by atoms with Crippen molar-refractivity contribution in [1.29, 1.82) is 0 Å². The Hall–Kier alpha value is -2.09. The van der Waals surface area contributed by atoms with E-state index in [1.54, 1.807) is 0 Å². The van der Waals surface area contributed by atoms with Crippen LogP contribution in [-0.4, -0.2) is 5.91 Å². The van der Waals surface area contributed by atoms with E-state index in [0.29, 0.717) is 6.42 Å². The molecule has 2 aromatic rings. The molecule has 0 atom stereocenters. The average Bonchev–Trinajstić information content (AvgIpc) is 2.32. The number of primary amides is 1. The maximum atomic E-state index is 10.4. The van der Waals surface area contributed by atoms with Crippen LogP contribution in [-0.2, 0) is 11.2 Å². The van der Waals surface area contributed by atoms with Crippen LogP contribution in [0.4, 0.5) is 0 Å². The van der Waals surface area contributed by atoms with Crippen molar-refractivity contribution in [2.75, 3.05) is 0 Å². The molecule has 0 aliphatic carbocycles. The van der Waals surface area contributed by atoms with Crippen LogP contribution in [0, 0.1) is 0 Å². The summed E-state index contributed by atoms with van der Waals surface area (Å²) in [6, 6.07) is 21.4. The molecule has 2 N–H and O–H groups in total. The molecule has 2 nitrogen and oxygen atoms in total. The summed E-state index contributed by atoms with van der Waals surface area (Å²) < 4.78 is 0. The number of benzene rings is 2. The molecule has 2 aromatic carbocycles. The lowest BCUT2D eigenvalue weighted by atomic mass is 10.1. The van der Waals surface area contributed by atoms with E-state index in [1.807, 2.05) is 66.7 Å². The summed E-state index contributed by atoms with van der Waals surface area (Å²) in [5.74, 6) is -0.286. The Bertz CT molecular complexity index is 371. The predicted molar refractivity (Wildman–Crippen MR) is 65.8 cm³/mol. The van der Waals surface area contributed by atoms with Gasteiger partial charge in [0.05, 0.1) is 6.42 Å². The van der Waals surface area contributed by atoms with E-state index in [-0.39, 0.29) is 5.91 Å². The highest BCUT2D eigenvalue weighted by molar-refractivity contribution is 5.76. The van der Waals surface area contributed by atoms with Gasteiger partial charge in [-0.3, -0.25) is 4.79 Å². The monoisotopic (exact) mass is 213 g/mol. The molecule has 2 heteroatoms. The summed E-state index contributed by atoms with van der Waals surface area (Å²) in [5.41, 5.74) is 5.95. The van der Waals surface area contributed by atoms with Gasteiger partial charge in [0.1, 0.15) is 0 Å². The van der Waals surface area contributed by atoms with Crippen molar-refractivity contribution in [1.82, 2.24) is 0 Å². The highest BCUT2D eigenvalue weighted by atomic mass is 16.1. The van der Waals surface area contributed by atoms with Gasteiger partial charge >= 0.3 is 0 Å². The first-order valence-corrected chi connectivity index (χ1v) is 5.11. The lowest BCUT2D eigenvalue weighted by Gasteiger charge is -1.93. The van der Waals surface area contributed by atoms with Gasteiger partial charge < -0.3 is 5.73 Å². The molecule has 0 heterocycles. The van der Waals surface area contributed by atoms with Crippen molar-refractivity contribution in [2.45, 2.75) is 6.42 Å². The summed E-state index contributed by atoms with van der Waals surface area (Å²) in [7, 11) is 0. The molecule has 2 rings (SSSR count). The smallest absolute Gasteiger partial charge is 0.221 e. The molecule has 0 bridgehead atoms. The Morgan fingerprint density at radius 3 is 1.56 bits per heavy atom. The number of nitrogens with two attached hydrogens (primary N) is 1. The second-order valence-corrected chi connectivity index (χ2v) is 3.28. The Kier molecular flexibility index (Phi) is 5.42. The van der Waals surface area contributed by atoms with Crippen LogP contribution >= 0.6 is 0 Å². The minimum absolute atomic E-state index is 0.286. The fourth-order valence-electron chi connectivity index (χ4n) is 1.18. The van der Waals surface area contributed by atoms with Crippen molar-refractivity contribution >= 4 is 5.91 Å². The minimum Gasteiger partial charge on any atom is -0.369 e. The maximum Gasteiger partial charge on any atom is 0.221 e. The van der Waals surface area contributed by atoms with Crippen molar-refractivity contribution in [2.24, 2.45) is 5.73 Å². The Morgan fingerprint density at radius 1 is 0.812 bits per heavy atom. The topological polar surface area (TPSA) is 43.1 Å². The molecule has 82 valence electrons. The third kappa shape index (κ3) is 5.60. The largest absolute Gasteiger partial charge is 0.369 e. The lowest BCUT2D eigenvalue weighted by Crippen LogP contribution is -2.13. The average molecular weight is 213 g/mol. The molecule has 0 radical (unpaired) electrons. The molecular formula is C14H15NO. The van der Waals surface area contributed by atoms with Crippen molar-refractivity contribution in [3.63, 3.8) is 0 Å². The standard InChI is InChI=1S/C8H9NO.C6H6/c9-8(10)6-7-4-2-1-3-5-7;1-2-4-6-5-3-1/h1-5H,6H2,(H2,9,10);1-6H. The van der Waals surface area contributed by atoms with Gasteiger partial charge in [-0.1, -0.05) is 66.7 Å². The molecule has 0 unspecified atom stereocenters. The van der Waals surface area contributed by atoms with Gasteiger partial charge in [-0.15, -0.1) is 0 Å². The first kappa shape index (κ1) is 12.0. The molecule has 0 aliphatic heterocycles. The number of rotatable bonds is 2. The summed E-state index contributed by atoms with van der Waals surface area (Å²) in [5, 5.41) is 0. The van der Waals surface area contributed by atoms with Crippen LogP contribution in [0.2, 0.25) is 0 Å². The van der Waals surface area contributed by atoms with E-state index in [9.17, 15) is 4.79 Å². The van der Waals surface area contributed by atoms with Crippen LogP contribution in [0.1, 0.15) is 5.56 Å². The fourth-order valence-corrected chi connectivity index (χ4v) is 1.18. The SMILES string of the molecule is NC(=O)Cc1ccccc1.c1ccccc1. The van der Waals surface area contributed by atoms with Crippen molar-refractivity contribution in [3.8, 4) is 0 Å². The van der Waals surface area contributed by atoms with Crippen LogP contribution in [0.25, 0.3) is 0 Å². The Morgan fingerprint density at radius 2 is 1.19 bits per heavy atom. The quantitative estimate of drug-likeness (QED) is 0.817. The molecule has 0 spiro atoms. The third-order valence-electron chi connectivity index (χ3n) is 1.89. The second kappa shape index (κ2) is 7.23. The molecule has 16 heavy (non-hydrogen) atoms. The Labute approximate surface area is 95.7 Å². The molecule has 0 aromatic heterocycles. The van der Waals surface area contributed by atoms with Gasteiger partial charge in [0, 0.05) is 0 Å². The molecule has 0 saturated heterocycles. The summed E-state index contributed by atoms with van der Waals surface area (Å²) in [6.07, 6.45) is 0.334. The zero-order chi connectivity index (χ0) is 11.6. The summed E-state index contributed by atoms with van der Waals surface area (Å²) in [4.78, 5) is 10.4. The van der Waals surface area contributed by atoms with Gasteiger partial charge in [0.25, 0.3) is 0 Å².